The van der Waals surface area contributed by atoms with Crippen LogP contribution in [0.15, 0.2) is 42.5 Å². The molecule has 0 aromatic heterocycles. The second-order valence-electron chi connectivity index (χ2n) is 5.76. The number of benzene rings is 2. The maximum Gasteiger partial charge on any atom is 0.235 e. The highest BCUT2D eigenvalue weighted by molar-refractivity contribution is 6.32. The van der Waals surface area contributed by atoms with Gasteiger partial charge >= 0.3 is 0 Å². The van der Waals surface area contributed by atoms with E-state index in [2.05, 4.69) is 5.32 Å². The van der Waals surface area contributed by atoms with E-state index in [1.165, 1.54) is 5.56 Å². The fourth-order valence-corrected chi connectivity index (χ4v) is 3.04. The first-order chi connectivity index (χ1) is 10.0. The number of anilines is 1. The molecular formula is C18H18ClNO. The van der Waals surface area contributed by atoms with Crippen LogP contribution in [0.25, 0.3) is 0 Å². The summed E-state index contributed by atoms with van der Waals surface area (Å²) >= 11 is 6.27. The molecule has 1 N–H and O–H groups in total. The molecule has 0 atom stereocenters. The largest absolute Gasteiger partial charge is 0.325 e. The van der Waals surface area contributed by atoms with Gasteiger partial charge in [-0.1, -0.05) is 41.9 Å². The highest BCUT2D eigenvalue weighted by Gasteiger charge is 2.52. The Bertz CT molecular complexity index is 704. The van der Waals surface area contributed by atoms with Gasteiger partial charge in [0.25, 0.3) is 0 Å². The number of amides is 1. The molecule has 0 bridgehead atoms. The van der Waals surface area contributed by atoms with E-state index in [4.69, 9.17) is 11.6 Å². The van der Waals surface area contributed by atoms with Crippen molar-refractivity contribution in [2.24, 2.45) is 0 Å². The molecule has 1 aliphatic rings. The fourth-order valence-electron chi connectivity index (χ4n) is 2.72. The summed E-state index contributed by atoms with van der Waals surface area (Å²) in [5.41, 5.74) is 3.66. The van der Waals surface area contributed by atoms with Crippen LogP contribution in [0, 0.1) is 13.8 Å². The second-order valence-corrected chi connectivity index (χ2v) is 6.17. The van der Waals surface area contributed by atoms with E-state index in [9.17, 15) is 4.79 Å². The van der Waals surface area contributed by atoms with Crippen molar-refractivity contribution in [3.63, 3.8) is 0 Å². The fraction of sp³-hybridized carbons (Fsp3) is 0.278. The molecule has 2 aromatic carbocycles. The third-order valence-corrected chi connectivity index (χ3v) is 4.76. The number of rotatable bonds is 3. The Morgan fingerprint density at radius 1 is 1.10 bits per heavy atom. The lowest BCUT2D eigenvalue weighted by atomic mass is 9.94. The van der Waals surface area contributed by atoms with Gasteiger partial charge < -0.3 is 5.32 Å². The molecule has 1 saturated carbocycles. The van der Waals surface area contributed by atoms with Gasteiger partial charge in [0, 0.05) is 10.7 Å². The van der Waals surface area contributed by atoms with Crippen molar-refractivity contribution in [3.05, 3.63) is 64.2 Å². The molecule has 0 saturated heterocycles. The van der Waals surface area contributed by atoms with Gasteiger partial charge in [0.1, 0.15) is 0 Å². The van der Waals surface area contributed by atoms with Gasteiger partial charge in [0.15, 0.2) is 0 Å². The maximum atomic E-state index is 12.7. The monoisotopic (exact) mass is 299 g/mol. The quantitative estimate of drug-likeness (QED) is 0.880. The lowest BCUT2D eigenvalue weighted by Gasteiger charge is -2.18. The summed E-state index contributed by atoms with van der Waals surface area (Å²) in [5.74, 6) is 0.0456. The summed E-state index contributed by atoms with van der Waals surface area (Å²) in [7, 11) is 0. The van der Waals surface area contributed by atoms with Gasteiger partial charge in [-0.15, -0.1) is 0 Å². The van der Waals surface area contributed by atoms with Crippen LogP contribution in [0.1, 0.15) is 29.5 Å². The minimum absolute atomic E-state index is 0.0456. The number of carbonyl (C=O) groups is 1. The van der Waals surface area contributed by atoms with E-state index < -0.39 is 5.41 Å². The molecule has 3 heteroatoms. The molecule has 0 aliphatic heterocycles. The molecule has 1 fully saturated rings. The number of carbonyl (C=O) groups excluding carboxylic acids is 1. The first-order valence-electron chi connectivity index (χ1n) is 7.17. The van der Waals surface area contributed by atoms with Crippen molar-refractivity contribution >= 4 is 23.2 Å². The first kappa shape index (κ1) is 14.2. The van der Waals surface area contributed by atoms with E-state index in [-0.39, 0.29) is 5.91 Å². The lowest BCUT2D eigenvalue weighted by molar-refractivity contribution is -0.118. The Kier molecular flexibility index (Phi) is 3.50. The van der Waals surface area contributed by atoms with Crippen molar-refractivity contribution in [1.82, 2.24) is 0 Å². The second kappa shape index (κ2) is 5.19. The van der Waals surface area contributed by atoms with Crippen LogP contribution in [-0.2, 0) is 10.2 Å². The Morgan fingerprint density at radius 2 is 1.81 bits per heavy atom. The zero-order valence-electron chi connectivity index (χ0n) is 12.2. The molecule has 1 amide bonds. The number of hydrogen-bond acceptors (Lipinski definition) is 1. The van der Waals surface area contributed by atoms with Crippen LogP contribution < -0.4 is 5.32 Å². The SMILES string of the molecule is Cc1cccc(NC(=O)C2(c3ccccc3Cl)CC2)c1C. The third-order valence-electron chi connectivity index (χ3n) is 4.43. The normalized spacial score (nSPS) is 15.6. The molecule has 108 valence electrons. The maximum absolute atomic E-state index is 12.7. The van der Waals surface area contributed by atoms with Gasteiger partial charge in [0.05, 0.1) is 5.41 Å². The van der Waals surface area contributed by atoms with E-state index in [1.807, 2.05) is 56.3 Å². The van der Waals surface area contributed by atoms with Crippen LogP contribution in [0.5, 0.6) is 0 Å². The minimum Gasteiger partial charge on any atom is -0.325 e. The average molecular weight is 300 g/mol. The predicted octanol–water partition coefficient (Wildman–Crippen LogP) is 4.63. The summed E-state index contributed by atoms with van der Waals surface area (Å²) in [6, 6.07) is 13.6. The van der Waals surface area contributed by atoms with Crippen molar-refractivity contribution in [2.45, 2.75) is 32.1 Å². The topological polar surface area (TPSA) is 29.1 Å². The Hall–Kier alpha value is -1.80. The summed E-state index contributed by atoms with van der Waals surface area (Å²) in [5, 5.41) is 3.75. The Labute approximate surface area is 130 Å². The van der Waals surface area contributed by atoms with Gasteiger partial charge in [0.2, 0.25) is 5.91 Å². The lowest BCUT2D eigenvalue weighted by Crippen LogP contribution is -2.28. The minimum atomic E-state index is -0.450. The Morgan fingerprint density at radius 3 is 2.48 bits per heavy atom. The summed E-state index contributed by atoms with van der Waals surface area (Å²) in [4.78, 5) is 12.7. The molecule has 1 aliphatic carbocycles. The zero-order chi connectivity index (χ0) is 15.0. The van der Waals surface area contributed by atoms with E-state index >= 15 is 0 Å². The van der Waals surface area contributed by atoms with E-state index in [1.54, 1.807) is 0 Å². The van der Waals surface area contributed by atoms with Gasteiger partial charge in [-0.2, -0.15) is 0 Å². The standard InChI is InChI=1S/C18H18ClNO/c1-12-6-5-9-16(13(12)2)20-17(21)18(10-11-18)14-7-3-4-8-15(14)19/h3-9H,10-11H2,1-2H3,(H,20,21). The molecule has 0 spiro atoms. The molecule has 2 nitrogen and oxygen atoms in total. The predicted molar refractivity (Wildman–Crippen MR) is 86.9 cm³/mol. The molecular weight excluding hydrogens is 282 g/mol. The van der Waals surface area contributed by atoms with Gasteiger partial charge in [-0.05, 0) is 55.5 Å². The van der Waals surface area contributed by atoms with Crippen molar-refractivity contribution < 1.29 is 4.79 Å². The zero-order valence-corrected chi connectivity index (χ0v) is 13.0. The van der Waals surface area contributed by atoms with Crippen LogP contribution in [-0.4, -0.2) is 5.91 Å². The number of aryl methyl sites for hydroxylation is 1. The van der Waals surface area contributed by atoms with Crippen molar-refractivity contribution in [1.29, 1.82) is 0 Å². The molecule has 3 rings (SSSR count). The molecule has 0 heterocycles. The van der Waals surface area contributed by atoms with Gasteiger partial charge in [-0.3, -0.25) is 4.79 Å². The summed E-state index contributed by atoms with van der Waals surface area (Å²) in [6.45, 7) is 4.08. The molecule has 21 heavy (non-hydrogen) atoms. The Balaban J connectivity index is 1.89. The number of nitrogens with one attached hydrogen (secondary N) is 1. The third kappa shape index (κ3) is 2.44. The number of halogens is 1. The van der Waals surface area contributed by atoms with Crippen LogP contribution in [0.3, 0.4) is 0 Å². The first-order valence-corrected chi connectivity index (χ1v) is 7.55. The molecule has 0 unspecified atom stereocenters. The highest BCUT2D eigenvalue weighted by Crippen LogP contribution is 2.51. The van der Waals surface area contributed by atoms with Crippen molar-refractivity contribution in [2.75, 3.05) is 5.32 Å². The van der Waals surface area contributed by atoms with E-state index in [0.29, 0.717) is 5.02 Å². The molecule has 0 radical (unpaired) electrons. The highest BCUT2D eigenvalue weighted by atomic mass is 35.5. The number of hydrogen-bond donors (Lipinski definition) is 1. The molecule has 2 aromatic rings. The summed E-state index contributed by atoms with van der Waals surface area (Å²) in [6.07, 6.45) is 1.71. The van der Waals surface area contributed by atoms with Crippen LogP contribution in [0.4, 0.5) is 5.69 Å². The average Bonchev–Trinajstić information content (AvgIpc) is 3.26. The smallest absolute Gasteiger partial charge is 0.235 e. The van der Waals surface area contributed by atoms with Gasteiger partial charge in [-0.25, -0.2) is 0 Å². The summed E-state index contributed by atoms with van der Waals surface area (Å²) < 4.78 is 0. The van der Waals surface area contributed by atoms with Crippen molar-refractivity contribution in [3.8, 4) is 0 Å². The van der Waals surface area contributed by atoms with E-state index in [0.717, 1.165) is 29.7 Å². The van der Waals surface area contributed by atoms with Crippen LogP contribution in [0.2, 0.25) is 5.02 Å². The van der Waals surface area contributed by atoms with Crippen LogP contribution >= 0.6 is 11.6 Å².